The van der Waals surface area contributed by atoms with Crippen LogP contribution >= 0.6 is 11.3 Å². The molecule has 1 aliphatic carbocycles. The number of piperidine rings is 1. The maximum absolute atomic E-state index is 14.1. The van der Waals surface area contributed by atoms with Gasteiger partial charge in [0.2, 0.25) is 0 Å². The Balaban J connectivity index is 1.51. The zero-order valence-corrected chi connectivity index (χ0v) is 28.0. The highest BCUT2D eigenvalue weighted by molar-refractivity contribution is 7.92. The average Bonchev–Trinajstić information content (AvgIpc) is 3.36. The van der Waals surface area contributed by atoms with Crippen LogP contribution in [0.2, 0.25) is 0 Å². The number of amides is 2. The van der Waals surface area contributed by atoms with E-state index in [1.54, 1.807) is 58.6 Å². The number of likely N-dealkylation sites (tertiary alicyclic amines) is 1. The van der Waals surface area contributed by atoms with Crippen molar-refractivity contribution in [2.24, 2.45) is 11.5 Å². The first kappa shape index (κ1) is 32.9. The number of ether oxygens (including phenoxy) is 1. The molecule has 1 aromatic heterocycles. The molecule has 2 aromatic carbocycles. The van der Waals surface area contributed by atoms with Gasteiger partial charge in [0, 0.05) is 35.8 Å². The quantitative estimate of drug-likeness (QED) is 0.302. The van der Waals surface area contributed by atoms with Gasteiger partial charge in [0.25, 0.3) is 5.91 Å². The normalized spacial score (nSPS) is 22.4. The summed E-state index contributed by atoms with van der Waals surface area (Å²) in [6, 6.07) is 7.70. The molecular weight excluding hydrogens is 615 g/mol. The molecule has 1 fully saturated rings. The zero-order chi connectivity index (χ0) is 33.3. The number of benzene rings is 2. The lowest BCUT2D eigenvalue weighted by Gasteiger charge is -2.37. The van der Waals surface area contributed by atoms with Crippen LogP contribution < -0.4 is 22.5 Å². The maximum atomic E-state index is 14.1. The zero-order valence-electron chi connectivity index (χ0n) is 26.4. The van der Waals surface area contributed by atoms with Crippen molar-refractivity contribution in [3.05, 3.63) is 58.0 Å². The van der Waals surface area contributed by atoms with Gasteiger partial charge in [0.1, 0.15) is 11.1 Å². The van der Waals surface area contributed by atoms with Gasteiger partial charge in [-0.1, -0.05) is 18.2 Å². The number of thiophene rings is 1. The first-order chi connectivity index (χ1) is 20.8. The lowest BCUT2D eigenvalue weighted by atomic mass is 9.70. The Labute approximate surface area is 267 Å². The number of anilines is 1. The van der Waals surface area contributed by atoms with Crippen molar-refractivity contribution in [2.45, 2.75) is 87.3 Å². The number of nitrogen functional groups attached to an aromatic ring is 1. The van der Waals surface area contributed by atoms with Crippen LogP contribution in [-0.2, 0) is 24.9 Å². The van der Waals surface area contributed by atoms with Crippen LogP contribution in [0.4, 0.5) is 10.5 Å². The summed E-state index contributed by atoms with van der Waals surface area (Å²) >= 11 is 1.14. The van der Waals surface area contributed by atoms with Crippen LogP contribution in [0.3, 0.4) is 0 Å². The predicted molar refractivity (Wildman–Crippen MR) is 175 cm³/mol. The SMILES string of the molecule is CC(C)(C)OC(=O)N1CCC[C@@H](NC(=O)c2sc3c(N)ccc4c3c2[C@@H](N)C(=O)[C@@]4(N)c2ccc(S(=O)(=O)C(C)(C)C)cc2)C1. The number of carbonyl (C=O) groups is 3. The van der Waals surface area contributed by atoms with Crippen molar-refractivity contribution in [3.63, 3.8) is 0 Å². The van der Waals surface area contributed by atoms with Gasteiger partial charge in [-0.15, -0.1) is 11.3 Å². The highest BCUT2D eigenvalue weighted by Gasteiger charge is 2.49. The van der Waals surface area contributed by atoms with E-state index >= 15 is 0 Å². The highest BCUT2D eigenvalue weighted by atomic mass is 32.2. The van der Waals surface area contributed by atoms with E-state index in [1.165, 1.54) is 24.3 Å². The van der Waals surface area contributed by atoms with Crippen LogP contribution in [-0.4, -0.2) is 60.6 Å². The predicted octanol–water partition coefficient (Wildman–Crippen LogP) is 3.97. The number of sulfone groups is 1. The summed E-state index contributed by atoms with van der Waals surface area (Å²) in [6.07, 6.45) is 0.910. The largest absolute Gasteiger partial charge is 0.444 e. The number of ketones is 1. The topological polar surface area (TPSA) is 188 Å². The third-order valence-corrected chi connectivity index (χ3v) is 12.1. The molecule has 0 spiro atoms. The fourth-order valence-corrected chi connectivity index (χ4v) is 8.34. The number of rotatable bonds is 4. The Hall–Kier alpha value is -3.52. The Morgan fingerprint density at radius 3 is 2.31 bits per heavy atom. The lowest BCUT2D eigenvalue weighted by Crippen LogP contribution is -2.53. The van der Waals surface area contributed by atoms with E-state index in [9.17, 15) is 22.8 Å². The van der Waals surface area contributed by atoms with Crippen molar-refractivity contribution < 1.29 is 27.5 Å². The molecule has 5 rings (SSSR count). The second kappa shape index (κ2) is 11.1. The molecule has 0 radical (unpaired) electrons. The molecule has 1 saturated heterocycles. The smallest absolute Gasteiger partial charge is 0.410 e. The third-order valence-electron chi connectivity index (χ3n) is 8.35. The molecule has 0 saturated carbocycles. The number of nitrogens with two attached hydrogens (primary N) is 3. The summed E-state index contributed by atoms with van der Waals surface area (Å²) in [5.41, 5.74) is 19.1. The standard InChI is InChI=1S/C32H41N5O6S2/c1-30(2,3)43-29(40)37-15-7-8-18(16-37)36-28(39)26-23-22-20(13-14-21(33)25(22)44-26)32(35,27(38)24(23)34)17-9-11-19(12-10-17)45(41,42)31(4,5)6/h9-14,18,24H,7-8,15-16,33-35H2,1-6H3,(H,36,39)/t18-,24-,32-/m1/s1. The minimum Gasteiger partial charge on any atom is -0.444 e. The van der Waals surface area contributed by atoms with E-state index in [-0.39, 0.29) is 22.4 Å². The van der Waals surface area contributed by atoms with Crippen molar-refractivity contribution in [1.82, 2.24) is 10.2 Å². The van der Waals surface area contributed by atoms with Gasteiger partial charge >= 0.3 is 6.09 Å². The molecule has 2 amide bonds. The van der Waals surface area contributed by atoms with E-state index in [0.717, 1.165) is 11.3 Å². The van der Waals surface area contributed by atoms with Gasteiger partial charge in [-0.25, -0.2) is 13.2 Å². The molecule has 45 heavy (non-hydrogen) atoms. The van der Waals surface area contributed by atoms with Crippen molar-refractivity contribution in [1.29, 1.82) is 0 Å². The summed E-state index contributed by atoms with van der Waals surface area (Å²) in [6.45, 7) is 11.1. The van der Waals surface area contributed by atoms with Crippen LogP contribution in [0.15, 0.2) is 41.3 Å². The average molecular weight is 656 g/mol. The number of hydrogen-bond donors (Lipinski definition) is 4. The second-order valence-electron chi connectivity index (χ2n) is 13.8. The number of Topliss-reactive ketones (excluding diaryl/α,β-unsaturated/α-hetero) is 1. The number of nitrogens with one attached hydrogen (secondary N) is 1. The van der Waals surface area contributed by atoms with Crippen LogP contribution in [0.25, 0.3) is 10.1 Å². The number of carbonyl (C=O) groups excluding carboxylic acids is 3. The van der Waals surface area contributed by atoms with Gasteiger partial charge < -0.3 is 32.2 Å². The van der Waals surface area contributed by atoms with Crippen LogP contribution in [0.5, 0.6) is 0 Å². The van der Waals surface area contributed by atoms with Gasteiger partial charge in [-0.2, -0.15) is 0 Å². The van der Waals surface area contributed by atoms with Gasteiger partial charge in [0.05, 0.1) is 25.3 Å². The second-order valence-corrected chi connectivity index (χ2v) is 17.5. The Morgan fingerprint density at radius 1 is 1.07 bits per heavy atom. The molecule has 13 heteroatoms. The Bertz CT molecular complexity index is 1800. The minimum atomic E-state index is -3.64. The molecule has 0 unspecified atom stereocenters. The summed E-state index contributed by atoms with van der Waals surface area (Å²) in [5.74, 6) is -0.953. The van der Waals surface area contributed by atoms with E-state index in [0.29, 0.717) is 51.9 Å². The molecule has 3 atom stereocenters. The Morgan fingerprint density at radius 2 is 1.71 bits per heavy atom. The number of nitrogens with zero attached hydrogens (tertiary/aromatic N) is 1. The van der Waals surface area contributed by atoms with E-state index in [4.69, 9.17) is 21.9 Å². The van der Waals surface area contributed by atoms with Crippen molar-refractivity contribution in [2.75, 3.05) is 18.8 Å². The summed E-state index contributed by atoms with van der Waals surface area (Å²) in [4.78, 5) is 42.5. The van der Waals surface area contributed by atoms with Crippen molar-refractivity contribution >= 4 is 54.7 Å². The fraction of sp³-hybridized carbons (Fsp3) is 0.469. The Kier molecular flexibility index (Phi) is 8.09. The molecule has 0 bridgehead atoms. The first-order valence-electron chi connectivity index (χ1n) is 14.9. The van der Waals surface area contributed by atoms with E-state index in [1.807, 2.05) is 0 Å². The summed E-state index contributed by atoms with van der Waals surface area (Å²) in [5, 5.41) is 3.57. The van der Waals surface area contributed by atoms with Gasteiger partial charge in [0.15, 0.2) is 15.6 Å². The fourth-order valence-electron chi connectivity index (χ4n) is 5.94. The number of hydrogen-bond acceptors (Lipinski definition) is 10. The maximum Gasteiger partial charge on any atom is 0.410 e. The molecule has 1 aliphatic heterocycles. The molecule has 2 aliphatic rings. The van der Waals surface area contributed by atoms with E-state index < -0.39 is 49.5 Å². The van der Waals surface area contributed by atoms with Gasteiger partial charge in [-0.3, -0.25) is 9.59 Å². The van der Waals surface area contributed by atoms with Crippen molar-refractivity contribution in [3.8, 4) is 0 Å². The van der Waals surface area contributed by atoms with Crippen LogP contribution in [0.1, 0.15) is 86.8 Å². The molecular formula is C32H41N5O6S2. The molecule has 242 valence electrons. The first-order valence-corrected chi connectivity index (χ1v) is 17.2. The molecule has 11 nitrogen and oxygen atoms in total. The van der Waals surface area contributed by atoms with E-state index in [2.05, 4.69) is 5.32 Å². The third kappa shape index (κ3) is 5.60. The highest BCUT2D eigenvalue weighted by Crippen LogP contribution is 2.49. The summed E-state index contributed by atoms with van der Waals surface area (Å²) in [7, 11) is -3.64. The lowest BCUT2D eigenvalue weighted by molar-refractivity contribution is -0.124. The summed E-state index contributed by atoms with van der Waals surface area (Å²) < 4.78 is 31.1. The molecule has 7 N–H and O–H groups in total. The van der Waals surface area contributed by atoms with Gasteiger partial charge in [-0.05, 0) is 83.7 Å². The monoisotopic (exact) mass is 655 g/mol. The molecule has 2 heterocycles. The minimum absolute atomic E-state index is 0.112. The van der Waals surface area contributed by atoms with Crippen LogP contribution in [0, 0.1) is 0 Å². The molecule has 3 aromatic rings.